The minimum absolute atomic E-state index is 0.357. The van der Waals surface area contributed by atoms with Gasteiger partial charge in [-0.3, -0.25) is 4.90 Å². The van der Waals surface area contributed by atoms with Gasteiger partial charge in [0.25, 0.3) is 0 Å². The second kappa shape index (κ2) is 6.49. The van der Waals surface area contributed by atoms with Crippen molar-refractivity contribution in [3.05, 3.63) is 17.7 Å². The highest BCUT2D eigenvalue weighted by Crippen LogP contribution is 2.35. The lowest BCUT2D eigenvalue weighted by atomic mass is 10.1. The van der Waals surface area contributed by atoms with Crippen LogP contribution in [0.5, 0.6) is 11.5 Å². The maximum atomic E-state index is 8.74. The number of nitriles is 1. The summed E-state index contributed by atoms with van der Waals surface area (Å²) in [5.74, 6) is 1.47. The zero-order valence-electron chi connectivity index (χ0n) is 12.1. The molecule has 0 aliphatic carbocycles. The van der Waals surface area contributed by atoms with E-state index in [4.69, 9.17) is 20.5 Å². The molecular weight excluding hydrogens is 254 g/mol. The number of nitrogens with zero attached hydrogens (tertiary/aromatic N) is 2. The van der Waals surface area contributed by atoms with Crippen molar-refractivity contribution in [1.29, 1.82) is 5.26 Å². The molecule has 1 aliphatic heterocycles. The van der Waals surface area contributed by atoms with Crippen LogP contribution in [0.15, 0.2) is 12.1 Å². The summed E-state index contributed by atoms with van der Waals surface area (Å²) in [7, 11) is 0. The number of anilines is 1. The zero-order valence-corrected chi connectivity index (χ0v) is 12.1. The van der Waals surface area contributed by atoms with Gasteiger partial charge < -0.3 is 15.2 Å². The number of hydrogen-bond donors (Lipinski definition) is 1. The van der Waals surface area contributed by atoms with Crippen molar-refractivity contribution in [2.75, 3.05) is 25.5 Å². The van der Waals surface area contributed by atoms with Gasteiger partial charge in [-0.2, -0.15) is 5.26 Å². The molecule has 5 nitrogen and oxygen atoms in total. The number of fused-ring (bicyclic) bond motifs is 1. The molecule has 20 heavy (non-hydrogen) atoms. The second-order valence-electron chi connectivity index (χ2n) is 5.17. The molecule has 0 bridgehead atoms. The molecule has 0 aromatic heterocycles. The van der Waals surface area contributed by atoms with Crippen molar-refractivity contribution in [1.82, 2.24) is 4.90 Å². The quantitative estimate of drug-likeness (QED) is 0.834. The molecule has 1 heterocycles. The highest BCUT2D eigenvalue weighted by atomic mass is 16.6. The van der Waals surface area contributed by atoms with Crippen LogP contribution in [0.1, 0.15) is 25.8 Å². The molecule has 0 unspecified atom stereocenters. The Balaban J connectivity index is 2.17. The summed E-state index contributed by atoms with van der Waals surface area (Å²) in [4.78, 5) is 2.23. The number of rotatable bonds is 5. The highest BCUT2D eigenvalue weighted by molar-refractivity contribution is 5.58. The van der Waals surface area contributed by atoms with E-state index in [9.17, 15) is 0 Å². The Bertz CT molecular complexity index is 509. The number of hydrogen-bond acceptors (Lipinski definition) is 5. The maximum absolute atomic E-state index is 8.74. The molecule has 0 spiro atoms. The molecule has 108 valence electrons. The first kappa shape index (κ1) is 14.5. The second-order valence-corrected chi connectivity index (χ2v) is 5.17. The third-order valence-electron chi connectivity index (χ3n) is 3.42. The Kier molecular flexibility index (Phi) is 4.70. The van der Waals surface area contributed by atoms with Crippen molar-refractivity contribution >= 4 is 5.69 Å². The van der Waals surface area contributed by atoms with Gasteiger partial charge in [-0.25, -0.2) is 0 Å². The lowest BCUT2D eigenvalue weighted by molar-refractivity contribution is 0.170. The van der Waals surface area contributed by atoms with Crippen LogP contribution in [-0.2, 0) is 6.54 Å². The fourth-order valence-corrected chi connectivity index (χ4v) is 2.22. The molecule has 0 fully saturated rings. The number of nitrogens with two attached hydrogens (primary N) is 1. The fourth-order valence-electron chi connectivity index (χ4n) is 2.22. The van der Waals surface area contributed by atoms with Gasteiger partial charge in [-0.05, 0) is 25.5 Å². The minimum Gasteiger partial charge on any atom is -0.486 e. The van der Waals surface area contributed by atoms with Gasteiger partial charge in [0.1, 0.15) is 13.2 Å². The van der Waals surface area contributed by atoms with Gasteiger partial charge in [0.15, 0.2) is 11.5 Å². The molecule has 2 rings (SSSR count). The molecule has 0 radical (unpaired) electrons. The Labute approximate surface area is 119 Å². The van der Waals surface area contributed by atoms with Crippen molar-refractivity contribution in [2.45, 2.75) is 32.9 Å². The summed E-state index contributed by atoms with van der Waals surface area (Å²) in [6.45, 7) is 6.81. The van der Waals surface area contributed by atoms with E-state index in [0.717, 1.165) is 17.9 Å². The normalized spacial score (nSPS) is 13.6. The third-order valence-corrected chi connectivity index (χ3v) is 3.42. The molecular formula is C15H21N3O2. The van der Waals surface area contributed by atoms with Crippen LogP contribution in [0.2, 0.25) is 0 Å². The van der Waals surface area contributed by atoms with E-state index >= 15 is 0 Å². The Hall–Kier alpha value is -1.93. The first-order valence-electron chi connectivity index (χ1n) is 6.91. The van der Waals surface area contributed by atoms with Crippen LogP contribution in [0.25, 0.3) is 0 Å². The molecule has 0 saturated heterocycles. The van der Waals surface area contributed by atoms with Gasteiger partial charge in [-0.15, -0.1) is 0 Å². The predicted molar refractivity (Wildman–Crippen MR) is 77.6 cm³/mol. The largest absolute Gasteiger partial charge is 0.486 e. The molecule has 1 aromatic carbocycles. The Morgan fingerprint density at radius 3 is 2.55 bits per heavy atom. The van der Waals surface area contributed by atoms with E-state index in [1.165, 1.54) is 0 Å². The fraction of sp³-hybridized carbons (Fsp3) is 0.533. The van der Waals surface area contributed by atoms with Crippen LogP contribution in [0.3, 0.4) is 0 Å². The SMILES string of the molecule is CC(C)N(CCC#N)Cc1cc2c(cc1N)OCCO2. The number of nitrogen functional groups attached to an aromatic ring is 1. The Morgan fingerprint density at radius 1 is 1.30 bits per heavy atom. The van der Waals surface area contributed by atoms with Crippen LogP contribution in [0.4, 0.5) is 5.69 Å². The summed E-state index contributed by atoms with van der Waals surface area (Å²) in [6, 6.07) is 6.32. The summed E-state index contributed by atoms with van der Waals surface area (Å²) in [6.07, 6.45) is 0.517. The zero-order chi connectivity index (χ0) is 14.5. The summed E-state index contributed by atoms with van der Waals surface area (Å²) in [5, 5.41) is 8.74. The first-order chi connectivity index (χ1) is 9.61. The van der Waals surface area contributed by atoms with E-state index in [0.29, 0.717) is 43.7 Å². The smallest absolute Gasteiger partial charge is 0.163 e. The van der Waals surface area contributed by atoms with Crippen molar-refractivity contribution < 1.29 is 9.47 Å². The van der Waals surface area contributed by atoms with E-state index in [1.807, 2.05) is 12.1 Å². The minimum atomic E-state index is 0.357. The molecule has 1 aromatic rings. The molecule has 2 N–H and O–H groups in total. The monoisotopic (exact) mass is 275 g/mol. The molecule has 0 saturated carbocycles. The first-order valence-corrected chi connectivity index (χ1v) is 6.91. The summed E-state index contributed by atoms with van der Waals surface area (Å²) >= 11 is 0. The molecule has 1 aliphatic rings. The lowest BCUT2D eigenvalue weighted by Gasteiger charge is -2.27. The van der Waals surface area contributed by atoms with Crippen molar-refractivity contribution in [3.8, 4) is 17.6 Å². The molecule has 0 atom stereocenters. The van der Waals surface area contributed by atoms with Gasteiger partial charge in [0, 0.05) is 37.3 Å². The number of ether oxygens (including phenoxy) is 2. The van der Waals surface area contributed by atoms with Crippen molar-refractivity contribution in [3.63, 3.8) is 0 Å². The van der Waals surface area contributed by atoms with E-state index in [-0.39, 0.29) is 0 Å². The summed E-state index contributed by atoms with van der Waals surface area (Å²) in [5.41, 5.74) is 7.81. The van der Waals surface area contributed by atoms with E-state index < -0.39 is 0 Å². The van der Waals surface area contributed by atoms with Crippen molar-refractivity contribution in [2.24, 2.45) is 0 Å². The Morgan fingerprint density at radius 2 is 1.95 bits per heavy atom. The maximum Gasteiger partial charge on any atom is 0.163 e. The average molecular weight is 275 g/mol. The topological polar surface area (TPSA) is 71.5 Å². The van der Waals surface area contributed by atoms with Crippen LogP contribution in [0, 0.1) is 11.3 Å². The van der Waals surface area contributed by atoms with Crippen LogP contribution >= 0.6 is 0 Å². The standard InChI is InChI=1S/C15H21N3O2/c1-11(2)18(5-3-4-16)10-12-8-14-15(9-13(12)17)20-7-6-19-14/h8-9,11H,3,5-7,10,17H2,1-2H3. The molecule has 0 amide bonds. The average Bonchev–Trinajstić information content (AvgIpc) is 2.43. The van der Waals surface area contributed by atoms with Crippen LogP contribution < -0.4 is 15.2 Å². The van der Waals surface area contributed by atoms with Gasteiger partial charge in [0.05, 0.1) is 6.07 Å². The van der Waals surface area contributed by atoms with Gasteiger partial charge >= 0.3 is 0 Å². The van der Waals surface area contributed by atoms with Crippen LogP contribution in [-0.4, -0.2) is 30.7 Å². The number of benzene rings is 1. The van der Waals surface area contributed by atoms with E-state index in [1.54, 1.807) is 0 Å². The van der Waals surface area contributed by atoms with E-state index in [2.05, 4.69) is 24.8 Å². The van der Waals surface area contributed by atoms with Gasteiger partial charge in [-0.1, -0.05) is 0 Å². The molecule has 5 heteroatoms. The third kappa shape index (κ3) is 3.34. The highest BCUT2D eigenvalue weighted by Gasteiger charge is 2.17. The summed E-state index contributed by atoms with van der Waals surface area (Å²) < 4.78 is 11.1. The van der Waals surface area contributed by atoms with Gasteiger partial charge in [0.2, 0.25) is 0 Å². The lowest BCUT2D eigenvalue weighted by Crippen LogP contribution is -2.31. The predicted octanol–water partition coefficient (Wildman–Crippen LogP) is 2.16.